The average Bonchev–Trinajstić information content (AvgIpc) is 1.85. The standard InChI is InChI=1S/C9H18NO2.HI/c1-7(2)9(11)12-8(3)10(4,5)6;/h8H,1H2,2-6H3;1H/q+1;/p-1. The number of hydrogen-bond acceptors (Lipinski definition) is 2. The maximum Gasteiger partial charge on any atom is 0.337 e. The van der Waals surface area contributed by atoms with E-state index in [9.17, 15) is 4.79 Å². The summed E-state index contributed by atoms with van der Waals surface area (Å²) in [4.78, 5) is 11.1. The van der Waals surface area contributed by atoms with Gasteiger partial charge >= 0.3 is 5.97 Å². The van der Waals surface area contributed by atoms with Crippen molar-refractivity contribution in [1.29, 1.82) is 0 Å². The summed E-state index contributed by atoms with van der Waals surface area (Å²) in [7, 11) is 5.91. The Morgan fingerprint density at radius 3 is 2.00 bits per heavy atom. The second-order valence-electron chi connectivity index (χ2n) is 3.90. The van der Waals surface area contributed by atoms with Gasteiger partial charge in [0.05, 0.1) is 21.1 Å². The molecule has 0 N–H and O–H groups in total. The number of quaternary nitrogens is 1. The average molecular weight is 299 g/mol. The molecule has 0 aliphatic rings. The minimum atomic E-state index is -0.324. The highest BCUT2D eigenvalue weighted by molar-refractivity contribution is 5.86. The first kappa shape index (κ1) is 15.4. The van der Waals surface area contributed by atoms with Gasteiger partial charge in [0.2, 0.25) is 6.23 Å². The number of rotatable bonds is 3. The molecule has 0 bridgehead atoms. The van der Waals surface area contributed by atoms with Crippen molar-refractivity contribution in [2.45, 2.75) is 20.1 Å². The third-order valence-electron chi connectivity index (χ3n) is 1.72. The normalized spacial score (nSPS) is 12.7. The fourth-order valence-electron chi connectivity index (χ4n) is 0.414. The molecular formula is C9H18INO2. The smallest absolute Gasteiger partial charge is 0.337 e. The van der Waals surface area contributed by atoms with Gasteiger partial charge in [-0.15, -0.1) is 0 Å². The van der Waals surface area contributed by atoms with Gasteiger partial charge in [-0.2, -0.15) is 0 Å². The Hall–Kier alpha value is -0.100. The molecule has 0 rings (SSSR count). The summed E-state index contributed by atoms with van der Waals surface area (Å²) in [5, 5.41) is 0. The number of hydrogen-bond donors (Lipinski definition) is 0. The minimum Gasteiger partial charge on any atom is -1.00 e. The Kier molecular flexibility index (Phi) is 6.61. The van der Waals surface area contributed by atoms with Gasteiger partial charge in [0.1, 0.15) is 0 Å². The molecule has 0 saturated heterocycles. The Morgan fingerprint density at radius 2 is 1.77 bits per heavy atom. The highest BCUT2D eigenvalue weighted by atomic mass is 127. The Balaban J connectivity index is 0. The lowest BCUT2D eigenvalue weighted by molar-refractivity contribution is -0.914. The molecule has 1 atom stereocenters. The second-order valence-corrected chi connectivity index (χ2v) is 3.90. The van der Waals surface area contributed by atoms with Crippen LogP contribution in [-0.2, 0) is 9.53 Å². The van der Waals surface area contributed by atoms with Crippen LogP contribution in [-0.4, -0.2) is 37.8 Å². The van der Waals surface area contributed by atoms with E-state index in [4.69, 9.17) is 4.74 Å². The van der Waals surface area contributed by atoms with Gasteiger partial charge < -0.3 is 28.7 Å². The van der Waals surface area contributed by atoms with E-state index in [-0.39, 0.29) is 36.2 Å². The molecule has 0 radical (unpaired) electrons. The van der Waals surface area contributed by atoms with E-state index < -0.39 is 0 Å². The van der Waals surface area contributed by atoms with E-state index in [1.54, 1.807) is 6.92 Å². The highest BCUT2D eigenvalue weighted by Gasteiger charge is 2.22. The fraction of sp³-hybridized carbons (Fsp3) is 0.667. The van der Waals surface area contributed by atoms with Crippen molar-refractivity contribution in [3.63, 3.8) is 0 Å². The largest absolute Gasteiger partial charge is 1.00 e. The zero-order chi connectivity index (χ0) is 9.94. The van der Waals surface area contributed by atoms with Gasteiger partial charge in [0.25, 0.3) is 0 Å². The Bertz CT molecular complexity index is 196. The molecule has 1 unspecified atom stereocenters. The Labute approximate surface area is 97.4 Å². The van der Waals surface area contributed by atoms with Crippen LogP contribution in [0.15, 0.2) is 12.2 Å². The molecule has 0 aliphatic carbocycles. The maximum absolute atomic E-state index is 11.1. The molecule has 0 amide bonds. The third kappa shape index (κ3) is 6.04. The van der Waals surface area contributed by atoms with Crippen LogP contribution in [0.2, 0.25) is 0 Å². The molecule has 4 heteroatoms. The lowest BCUT2D eigenvalue weighted by Gasteiger charge is -2.30. The van der Waals surface area contributed by atoms with Crippen molar-refractivity contribution in [1.82, 2.24) is 0 Å². The van der Waals surface area contributed by atoms with E-state index in [1.165, 1.54) is 0 Å². The lowest BCUT2D eigenvalue weighted by Crippen LogP contribution is -3.00. The molecule has 13 heavy (non-hydrogen) atoms. The molecule has 0 aromatic heterocycles. The highest BCUT2D eigenvalue weighted by Crippen LogP contribution is 2.06. The number of halogens is 1. The topological polar surface area (TPSA) is 26.3 Å². The van der Waals surface area contributed by atoms with Crippen LogP contribution in [0.25, 0.3) is 0 Å². The molecule has 78 valence electrons. The second kappa shape index (κ2) is 5.59. The van der Waals surface area contributed by atoms with Gasteiger partial charge in [-0.1, -0.05) is 6.58 Å². The summed E-state index contributed by atoms with van der Waals surface area (Å²) in [5.74, 6) is -0.324. The first-order valence-electron chi connectivity index (χ1n) is 3.92. The zero-order valence-corrected chi connectivity index (χ0v) is 11.1. The maximum atomic E-state index is 11.1. The lowest BCUT2D eigenvalue weighted by atomic mass is 10.3. The summed E-state index contributed by atoms with van der Waals surface area (Å²) >= 11 is 0. The predicted octanol–water partition coefficient (Wildman–Crippen LogP) is -1.84. The zero-order valence-electron chi connectivity index (χ0n) is 8.93. The molecule has 0 aromatic carbocycles. The van der Waals surface area contributed by atoms with Crippen molar-refractivity contribution in [2.24, 2.45) is 0 Å². The van der Waals surface area contributed by atoms with Crippen molar-refractivity contribution in [3.8, 4) is 0 Å². The number of nitrogens with zero attached hydrogens (tertiary/aromatic N) is 1. The van der Waals surface area contributed by atoms with Crippen LogP contribution in [0.1, 0.15) is 13.8 Å². The third-order valence-corrected chi connectivity index (χ3v) is 1.72. The van der Waals surface area contributed by atoms with E-state index in [0.717, 1.165) is 0 Å². The monoisotopic (exact) mass is 299 g/mol. The summed E-state index contributed by atoms with van der Waals surface area (Å²) in [5.41, 5.74) is 0.440. The number of carbonyl (C=O) groups excluding carboxylic acids is 1. The number of esters is 1. The first-order valence-corrected chi connectivity index (χ1v) is 3.92. The number of ether oxygens (including phenoxy) is 1. The molecule has 3 nitrogen and oxygen atoms in total. The molecule has 0 aromatic rings. The minimum absolute atomic E-state index is 0. The SMILES string of the molecule is C=C(C)C(=O)OC(C)[N+](C)(C)C.[I-]. The van der Waals surface area contributed by atoms with Crippen molar-refractivity contribution in [3.05, 3.63) is 12.2 Å². The van der Waals surface area contributed by atoms with Gasteiger partial charge in [-0.25, -0.2) is 4.79 Å². The molecular weight excluding hydrogens is 281 g/mol. The van der Waals surface area contributed by atoms with Gasteiger partial charge in [0.15, 0.2) is 0 Å². The summed E-state index contributed by atoms with van der Waals surface area (Å²) < 4.78 is 5.71. The first-order chi connectivity index (χ1) is 5.25. The summed E-state index contributed by atoms with van der Waals surface area (Å²) in [6.07, 6.45) is -0.144. The van der Waals surface area contributed by atoms with Gasteiger partial charge in [-0.3, -0.25) is 4.48 Å². The van der Waals surface area contributed by atoms with Crippen molar-refractivity contribution < 1.29 is 38.0 Å². The van der Waals surface area contributed by atoms with E-state index >= 15 is 0 Å². The van der Waals surface area contributed by atoms with Crippen molar-refractivity contribution in [2.75, 3.05) is 21.1 Å². The van der Waals surface area contributed by atoms with Crippen LogP contribution in [0.4, 0.5) is 0 Å². The van der Waals surface area contributed by atoms with Crippen LogP contribution in [0.5, 0.6) is 0 Å². The van der Waals surface area contributed by atoms with Crippen LogP contribution >= 0.6 is 0 Å². The van der Waals surface area contributed by atoms with Gasteiger partial charge in [-0.05, 0) is 6.92 Å². The fourth-order valence-corrected chi connectivity index (χ4v) is 0.414. The molecule has 0 fully saturated rings. The van der Waals surface area contributed by atoms with Crippen molar-refractivity contribution >= 4 is 5.97 Å². The molecule has 0 spiro atoms. The summed E-state index contributed by atoms with van der Waals surface area (Å²) in [6.45, 7) is 7.01. The molecule has 0 aliphatic heterocycles. The Morgan fingerprint density at radius 1 is 1.38 bits per heavy atom. The van der Waals surface area contributed by atoms with Crippen LogP contribution in [0.3, 0.4) is 0 Å². The van der Waals surface area contributed by atoms with Gasteiger partial charge in [0, 0.05) is 12.5 Å². The quantitative estimate of drug-likeness (QED) is 0.201. The van der Waals surface area contributed by atoms with E-state index in [2.05, 4.69) is 6.58 Å². The molecule has 0 saturated carbocycles. The summed E-state index contributed by atoms with van der Waals surface area (Å²) in [6, 6.07) is 0. The van der Waals surface area contributed by atoms with E-state index in [1.807, 2.05) is 28.1 Å². The van der Waals surface area contributed by atoms with Crippen LogP contribution < -0.4 is 24.0 Å². The number of carbonyl (C=O) groups is 1. The van der Waals surface area contributed by atoms with E-state index in [0.29, 0.717) is 10.1 Å². The predicted molar refractivity (Wildman–Crippen MR) is 48.4 cm³/mol. The van der Waals surface area contributed by atoms with Crippen LogP contribution in [0, 0.1) is 0 Å². The molecule has 0 heterocycles.